The molecule has 1 aromatic heterocycles. The van der Waals surface area contributed by atoms with Gasteiger partial charge < -0.3 is 9.84 Å². The lowest BCUT2D eigenvalue weighted by Crippen LogP contribution is -2.48. The third-order valence-corrected chi connectivity index (χ3v) is 4.49. The molecule has 6 heteroatoms. The predicted molar refractivity (Wildman–Crippen MR) is 83.8 cm³/mol. The highest BCUT2D eigenvalue weighted by Crippen LogP contribution is 2.23. The molecule has 1 aromatic rings. The average Bonchev–Trinajstić information content (AvgIpc) is 2.75. The lowest BCUT2D eigenvalue weighted by atomic mass is 10.1. The molecule has 1 fully saturated rings. The highest BCUT2D eigenvalue weighted by Gasteiger charge is 2.28. The van der Waals surface area contributed by atoms with Gasteiger partial charge in [0.15, 0.2) is 0 Å². The maximum atomic E-state index is 10.5. The third-order valence-electron chi connectivity index (χ3n) is 4.00. The van der Waals surface area contributed by atoms with Gasteiger partial charge in [0.05, 0.1) is 35.2 Å². The number of hydrogen-bond donors (Lipinski definition) is 1. The van der Waals surface area contributed by atoms with E-state index in [-0.39, 0.29) is 6.10 Å². The second-order valence-electron chi connectivity index (χ2n) is 5.64. The molecule has 21 heavy (non-hydrogen) atoms. The van der Waals surface area contributed by atoms with Crippen LogP contribution >= 0.6 is 11.6 Å². The zero-order valence-electron chi connectivity index (χ0n) is 13.2. The molecule has 2 atom stereocenters. The van der Waals surface area contributed by atoms with Crippen LogP contribution in [0.3, 0.4) is 0 Å². The van der Waals surface area contributed by atoms with Crippen LogP contribution in [0.15, 0.2) is 0 Å². The Morgan fingerprint density at radius 3 is 2.90 bits per heavy atom. The number of ether oxygens (including phenoxy) is 1. The van der Waals surface area contributed by atoms with Crippen LogP contribution in [0.4, 0.5) is 0 Å². The Morgan fingerprint density at radius 2 is 2.24 bits per heavy atom. The van der Waals surface area contributed by atoms with E-state index in [4.69, 9.17) is 16.3 Å². The summed E-state index contributed by atoms with van der Waals surface area (Å²) >= 11 is 6.31. The second kappa shape index (κ2) is 7.58. The first-order chi connectivity index (χ1) is 10.1. The maximum absolute atomic E-state index is 10.5. The van der Waals surface area contributed by atoms with Gasteiger partial charge in [-0.2, -0.15) is 5.10 Å². The third kappa shape index (κ3) is 3.97. The summed E-state index contributed by atoms with van der Waals surface area (Å²) in [7, 11) is 0. The summed E-state index contributed by atoms with van der Waals surface area (Å²) in [6.07, 6.45) is 0.902. The Morgan fingerprint density at radius 1 is 1.48 bits per heavy atom. The molecule has 0 aromatic carbocycles. The van der Waals surface area contributed by atoms with Crippen molar-refractivity contribution in [3.05, 3.63) is 16.4 Å². The first kappa shape index (κ1) is 16.7. The zero-order valence-corrected chi connectivity index (χ0v) is 13.9. The molecule has 0 bridgehead atoms. The second-order valence-corrected chi connectivity index (χ2v) is 6.02. The smallest absolute Gasteiger partial charge is 0.0964 e. The van der Waals surface area contributed by atoms with Crippen LogP contribution in [-0.2, 0) is 17.7 Å². The highest BCUT2D eigenvalue weighted by atomic mass is 35.5. The summed E-state index contributed by atoms with van der Waals surface area (Å²) in [6.45, 7) is 10.3. The Bertz CT molecular complexity index is 462. The van der Waals surface area contributed by atoms with Crippen molar-refractivity contribution >= 4 is 11.6 Å². The van der Waals surface area contributed by atoms with Gasteiger partial charge in [0.25, 0.3) is 0 Å². The van der Waals surface area contributed by atoms with Crippen LogP contribution in [0, 0.1) is 6.92 Å². The van der Waals surface area contributed by atoms with Gasteiger partial charge in [-0.25, -0.2) is 0 Å². The standard InChI is InChI=1S/C15H26ClN3O2/c1-4-6-18-7-8-21-14(10-18)13(20)9-12-15(16)11(3)17-19(12)5-2/h13-14,20H,4-10H2,1-3H3. The zero-order chi connectivity index (χ0) is 15.4. The fourth-order valence-corrected chi connectivity index (χ4v) is 3.09. The van der Waals surface area contributed by atoms with Crippen molar-refractivity contribution in [3.63, 3.8) is 0 Å². The lowest BCUT2D eigenvalue weighted by Gasteiger charge is -2.35. The molecule has 1 aliphatic heterocycles. The monoisotopic (exact) mass is 315 g/mol. The molecule has 2 heterocycles. The normalized spacial score (nSPS) is 21.7. The van der Waals surface area contributed by atoms with Crippen LogP contribution in [0.25, 0.3) is 0 Å². The van der Waals surface area contributed by atoms with Crippen LogP contribution < -0.4 is 0 Å². The molecule has 0 spiro atoms. The average molecular weight is 316 g/mol. The maximum Gasteiger partial charge on any atom is 0.0964 e. The molecule has 0 saturated carbocycles. The van der Waals surface area contributed by atoms with Crippen LogP contribution in [0.1, 0.15) is 31.7 Å². The summed E-state index contributed by atoms with van der Waals surface area (Å²) in [4.78, 5) is 2.35. The van der Waals surface area contributed by atoms with E-state index in [2.05, 4.69) is 16.9 Å². The summed E-state index contributed by atoms with van der Waals surface area (Å²) in [5.74, 6) is 0. The molecule has 2 unspecified atom stereocenters. The first-order valence-corrected chi connectivity index (χ1v) is 8.18. The van der Waals surface area contributed by atoms with Gasteiger partial charge in [-0.15, -0.1) is 0 Å². The Balaban J connectivity index is 2.02. The predicted octanol–water partition coefficient (Wildman–Crippen LogP) is 1.88. The quantitative estimate of drug-likeness (QED) is 0.871. The van der Waals surface area contributed by atoms with Gasteiger partial charge >= 0.3 is 0 Å². The van der Waals surface area contributed by atoms with Gasteiger partial charge in [-0.1, -0.05) is 18.5 Å². The fourth-order valence-electron chi connectivity index (χ4n) is 2.88. The van der Waals surface area contributed by atoms with Crippen LogP contribution in [0.2, 0.25) is 5.02 Å². The number of rotatable bonds is 6. The molecule has 1 aliphatic rings. The number of halogens is 1. The molecule has 2 rings (SSSR count). The minimum Gasteiger partial charge on any atom is -0.390 e. The summed E-state index contributed by atoms with van der Waals surface area (Å²) < 4.78 is 7.61. The number of nitrogens with zero attached hydrogens (tertiary/aromatic N) is 3. The molecular weight excluding hydrogens is 290 g/mol. The molecule has 1 saturated heterocycles. The molecule has 120 valence electrons. The van der Waals surface area contributed by atoms with Gasteiger partial charge in [-0.3, -0.25) is 9.58 Å². The van der Waals surface area contributed by atoms with Crippen LogP contribution in [0.5, 0.6) is 0 Å². The first-order valence-electron chi connectivity index (χ1n) is 7.80. The number of morpholine rings is 1. The van der Waals surface area contributed by atoms with E-state index in [1.165, 1.54) is 0 Å². The summed E-state index contributed by atoms with van der Waals surface area (Å²) in [5, 5.41) is 15.6. The summed E-state index contributed by atoms with van der Waals surface area (Å²) in [6, 6.07) is 0. The molecule has 0 radical (unpaired) electrons. The van der Waals surface area contributed by atoms with Crippen molar-refractivity contribution in [2.24, 2.45) is 0 Å². The van der Waals surface area contributed by atoms with Gasteiger partial charge in [0, 0.05) is 26.1 Å². The van der Waals surface area contributed by atoms with Crippen molar-refractivity contribution < 1.29 is 9.84 Å². The Kier molecular flexibility index (Phi) is 6.05. The minimum absolute atomic E-state index is 0.151. The number of aliphatic hydroxyl groups is 1. The number of hydrogen-bond acceptors (Lipinski definition) is 4. The molecule has 0 aliphatic carbocycles. The van der Waals surface area contributed by atoms with E-state index in [1.54, 1.807) is 0 Å². The van der Waals surface area contributed by atoms with Crippen molar-refractivity contribution in [1.29, 1.82) is 0 Å². The van der Waals surface area contributed by atoms with Crippen molar-refractivity contribution in [1.82, 2.24) is 14.7 Å². The number of aliphatic hydroxyl groups excluding tert-OH is 1. The van der Waals surface area contributed by atoms with E-state index in [1.807, 2.05) is 18.5 Å². The SMILES string of the molecule is CCCN1CCOC(C(O)Cc2c(Cl)c(C)nn2CC)C1. The largest absolute Gasteiger partial charge is 0.390 e. The molecular formula is C15H26ClN3O2. The fraction of sp³-hybridized carbons (Fsp3) is 0.800. The minimum atomic E-state index is -0.552. The number of aromatic nitrogens is 2. The Labute approximate surface area is 131 Å². The highest BCUT2D eigenvalue weighted by molar-refractivity contribution is 6.31. The van der Waals surface area contributed by atoms with Crippen LogP contribution in [-0.4, -0.2) is 58.2 Å². The summed E-state index contributed by atoms with van der Waals surface area (Å²) in [5.41, 5.74) is 1.72. The molecule has 5 nitrogen and oxygen atoms in total. The number of aryl methyl sites for hydroxylation is 2. The van der Waals surface area contributed by atoms with Crippen molar-refractivity contribution in [2.45, 2.75) is 52.4 Å². The van der Waals surface area contributed by atoms with E-state index in [0.717, 1.165) is 44.0 Å². The van der Waals surface area contributed by atoms with Crippen molar-refractivity contribution in [2.75, 3.05) is 26.2 Å². The molecule has 1 N–H and O–H groups in total. The Hall–Kier alpha value is -0.620. The lowest BCUT2D eigenvalue weighted by molar-refractivity contribution is -0.0881. The van der Waals surface area contributed by atoms with E-state index in [9.17, 15) is 5.11 Å². The van der Waals surface area contributed by atoms with E-state index < -0.39 is 6.10 Å². The van der Waals surface area contributed by atoms with E-state index in [0.29, 0.717) is 18.1 Å². The van der Waals surface area contributed by atoms with Crippen molar-refractivity contribution in [3.8, 4) is 0 Å². The van der Waals surface area contributed by atoms with Gasteiger partial charge in [0.1, 0.15) is 0 Å². The van der Waals surface area contributed by atoms with E-state index >= 15 is 0 Å². The molecule has 0 amide bonds. The van der Waals surface area contributed by atoms with Gasteiger partial charge in [-0.05, 0) is 26.8 Å². The topological polar surface area (TPSA) is 50.5 Å². The van der Waals surface area contributed by atoms with Gasteiger partial charge in [0.2, 0.25) is 0 Å².